The standard InChI is InChI=1S/C27H36N4O7S/c1-4-25(27(33)28-21-9-6-5-7-10-21)29(18-20-13-15-24(38-2)16-14-20)26(32)19-30(39(3,36)37)22-11-8-12-23(17-22)31(34)35/h8,11-17,21,25H,4-7,9-10,18-19H2,1-3H3,(H,28,33)/t25-/m1/s1. The summed E-state index contributed by atoms with van der Waals surface area (Å²) in [6.45, 7) is 1.24. The predicted octanol–water partition coefficient (Wildman–Crippen LogP) is 3.63. The summed E-state index contributed by atoms with van der Waals surface area (Å²) in [5.41, 5.74) is 0.417. The molecule has 3 rings (SSSR count). The molecule has 0 saturated heterocycles. The van der Waals surface area contributed by atoms with E-state index in [0.29, 0.717) is 12.2 Å². The van der Waals surface area contributed by atoms with Gasteiger partial charge < -0.3 is 15.0 Å². The molecule has 39 heavy (non-hydrogen) atoms. The third-order valence-electron chi connectivity index (χ3n) is 6.86. The lowest BCUT2D eigenvalue weighted by molar-refractivity contribution is -0.384. The summed E-state index contributed by atoms with van der Waals surface area (Å²) in [6.07, 6.45) is 6.19. The van der Waals surface area contributed by atoms with Crippen molar-refractivity contribution in [3.8, 4) is 5.75 Å². The fourth-order valence-electron chi connectivity index (χ4n) is 4.77. The number of anilines is 1. The van der Waals surface area contributed by atoms with Crippen molar-refractivity contribution < 1.29 is 27.7 Å². The summed E-state index contributed by atoms with van der Waals surface area (Å²) in [4.78, 5) is 39.2. The number of amides is 2. The Morgan fingerprint density at radius 2 is 1.79 bits per heavy atom. The minimum atomic E-state index is -4.00. The van der Waals surface area contributed by atoms with Crippen LogP contribution in [0.15, 0.2) is 48.5 Å². The van der Waals surface area contributed by atoms with Crippen LogP contribution in [0.5, 0.6) is 5.75 Å². The molecule has 2 amide bonds. The molecule has 2 aromatic carbocycles. The zero-order valence-corrected chi connectivity index (χ0v) is 23.4. The van der Waals surface area contributed by atoms with Crippen LogP contribution in [0.1, 0.15) is 51.0 Å². The van der Waals surface area contributed by atoms with Gasteiger partial charge in [-0.1, -0.05) is 44.4 Å². The van der Waals surface area contributed by atoms with Gasteiger partial charge in [0.1, 0.15) is 18.3 Å². The number of carbonyl (C=O) groups excluding carboxylic acids is 2. The van der Waals surface area contributed by atoms with Crippen LogP contribution < -0.4 is 14.4 Å². The maximum Gasteiger partial charge on any atom is 0.271 e. The molecular weight excluding hydrogens is 524 g/mol. The van der Waals surface area contributed by atoms with E-state index < -0.39 is 33.4 Å². The lowest BCUT2D eigenvalue weighted by Crippen LogP contribution is -2.53. The number of sulfonamides is 1. The van der Waals surface area contributed by atoms with E-state index in [1.165, 1.54) is 23.1 Å². The van der Waals surface area contributed by atoms with E-state index in [1.807, 2.05) is 0 Å². The molecule has 0 bridgehead atoms. The number of hydrogen-bond donors (Lipinski definition) is 1. The summed E-state index contributed by atoms with van der Waals surface area (Å²) in [7, 11) is -2.46. The molecule has 1 fully saturated rings. The van der Waals surface area contributed by atoms with Crippen molar-refractivity contribution in [2.24, 2.45) is 0 Å². The number of nitro groups is 1. The molecule has 0 radical (unpaired) electrons. The Hall–Kier alpha value is -3.67. The first-order valence-electron chi connectivity index (χ1n) is 13.0. The van der Waals surface area contributed by atoms with Gasteiger partial charge in [0.25, 0.3) is 5.69 Å². The zero-order chi connectivity index (χ0) is 28.6. The first kappa shape index (κ1) is 29.9. The van der Waals surface area contributed by atoms with E-state index in [1.54, 1.807) is 38.3 Å². The van der Waals surface area contributed by atoms with Gasteiger partial charge in [-0.25, -0.2) is 8.42 Å². The van der Waals surface area contributed by atoms with Gasteiger partial charge in [0.2, 0.25) is 21.8 Å². The smallest absolute Gasteiger partial charge is 0.271 e. The van der Waals surface area contributed by atoms with E-state index in [-0.39, 0.29) is 29.9 Å². The average Bonchev–Trinajstić information content (AvgIpc) is 2.91. The Morgan fingerprint density at radius 1 is 1.13 bits per heavy atom. The molecule has 0 unspecified atom stereocenters. The minimum absolute atomic E-state index is 0.0100. The second-order valence-electron chi connectivity index (χ2n) is 9.68. The molecule has 1 aliphatic rings. The Labute approximate surface area is 229 Å². The first-order chi connectivity index (χ1) is 18.5. The van der Waals surface area contributed by atoms with Gasteiger partial charge in [-0.2, -0.15) is 0 Å². The number of rotatable bonds is 12. The van der Waals surface area contributed by atoms with E-state index in [0.717, 1.165) is 54.3 Å². The number of hydrogen-bond acceptors (Lipinski definition) is 7. The van der Waals surface area contributed by atoms with Gasteiger partial charge in [0.05, 0.1) is 24.0 Å². The van der Waals surface area contributed by atoms with E-state index in [4.69, 9.17) is 4.74 Å². The van der Waals surface area contributed by atoms with Gasteiger partial charge in [-0.3, -0.25) is 24.0 Å². The minimum Gasteiger partial charge on any atom is -0.497 e. The molecule has 1 N–H and O–H groups in total. The SMILES string of the molecule is CC[C@H](C(=O)NC1CCCCC1)N(Cc1ccc(OC)cc1)C(=O)CN(c1cccc([N+](=O)[O-])c1)S(C)(=O)=O. The summed E-state index contributed by atoms with van der Waals surface area (Å²) < 4.78 is 31.5. The van der Waals surface area contributed by atoms with E-state index in [9.17, 15) is 28.1 Å². The number of nitro benzene ring substituents is 1. The van der Waals surface area contributed by atoms with Gasteiger partial charge in [-0.05, 0) is 43.0 Å². The van der Waals surface area contributed by atoms with Gasteiger partial charge >= 0.3 is 0 Å². The molecule has 1 aliphatic carbocycles. The molecule has 1 atom stereocenters. The molecule has 0 aromatic heterocycles. The van der Waals surface area contributed by atoms with Gasteiger partial charge in [0, 0.05) is 24.7 Å². The maximum absolute atomic E-state index is 13.8. The normalized spacial score (nSPS) is 14.7. The molecule has 1 saturated carbocycles. The third kappa shape index (κ3) is 8.16. The number of nitrogens with one attached hydrogen (secondary N) is 1. The van der Waals surface area contributed by atoms with Crippen molar-refractivity contribution in [2.75, 3.05) is 24.2 Å². The lowest BCUT2D eigenvalue weighted by Gasteiger charge is -2.34. The van der Waals surface area contributed by atoms with Crippen molar-refractivity contribution in [3.63, 3.8) is 0 Å². The van der Waals surface area contributed by atoms with Crippen LogP contribution in [0.25, 0.3) is 0 Å². The highest BCUT2D eigenvalue weighted by molar-refractivity contribution is 7.92. The Kier molecular flexibility index (Phi) is 10.3. The van der Waals surface area contributed by atoms with Crippen LogP contribution in [0.2, 0.25) is 0 Å². The molecular formula is C27H36N4O7S. The van der Waals surface area contributed by atoms with Gasteiger partial charge in [0.15, 0.2) is 0 Å². The summed E-state index contributed by atoms with van der Waals surface area (Å²) in [6, 6.07) is 11.3. The zero-order valence-electron chi connectivity index (χ0n) is 22.5. The van der Waals surface area contributed by atoms with E-state index >= 15 is 0 Å². The van der Waals surface area contributed by atoms with Crippen LogP contribution in [-0.4, -0.2) is 62.0 Å². The molecule has 0 spiro atoms. The predicted molar refractivity (Wildman–Crippen MR) is 148 cm³/mol. The van der Waals surface area contributed by atoms with Gasteiger partial charge in [-0.15, -0.1) is 0 Å². The quantitative estimate of drug-likeness (QED) is 0.309. The second kappa shape index (κ2) is 13.4. The molecule has 12 heteroatoms. The molecule has 2 aromatic rings. The van der Waals surface area contributed by atoms with Crippen molar-refractivity contribution in [1.29, 1.82) is 0 Å². The maximum atomic E-state index is 13.8. The summed E-state index contributed by atoms with van der Waals surface area (Å²) in [5, 5.41) is 14.4. The Morgan fingerprint density at radius 3 is 2.36 bits per heavy atom. The number of methoxy groups -OCH3 is 1. The largest absolute Gasteiger partial charge is 0.497 e. The van der Waals surface area contributed by atoms with E-state index in [2.05, 4.69) is 5.32 Å². The van der Waals surface area contributed by atoms with Crippen LogP contribution in [0.4, 0.5) is 11.4 Å². The highest BCUT2D eigenvalue weighted by Gasteiger charge is 2.33. The number of non-ortho nitro benzene ring substituents is 1. The monoisotopic (exact) mass is 560 g/mol. The topological polar surface area (TPSA) is 139 Å². The summed E-state index contributed by atoms with van der Waals surface area (Å²) >= 11 is 0. The molecule has 0 aliphatic heterocycles. The highest BCUT2D eigenvalue weighted by Crippen LogP contribution is 2.25. The highest BCUT2D eigenvalue weighted by atomic mass is 32.2. The summed E-state index contributed by atoms with van der Waals surface area (Å²) in [5.74, 6) is -0.256. The molecule has 11 nitrogen and oxygen atoms in total. The molecule has 0 heterocycles. The number of carbonyl (C=O) groups is 2. The first-order valence-corrected chi connectivity index (χ1v) is 14.8. The van der Waals surface area contributed by atoms with Crippen LogP contribution in [0, 0.1) is 10.1 Å². The van der Waals surface area contributed by atoms with Crippen molar-refractivity contribution in [2.45, 2.75) is 64.1 Å². The van der Waals surface area contributed by atoms with Crippen molar-refractivity contribution in [3.05, 3.63) is 64.2 Å². The number of ether oxygens (including phenoxy) is 1. The Balaban J connectivity index is 1.93. The lowest BCUT2D eigenvalue weighted by atomic mass is 9.95. The average molecular weight is 561 g/mol. The molecule has 212 valence electrons. The third-order valence-corrected chi connectivity index (χ3v) is 8.00. The fourth-order valence-corrected chi connectivity index (χ4v) is 5.61. The second-order valence-corrected chi connectivity index (χ2v) is 11.6. The van der Waals surface area contributed by atoms with Crippen molar-refractivity contribution in [1.82, 2.24) is 10.2 Å². The van der Waals surface area contributed by atoms with Crippen molar-refractivity contribution >= 4 is 33.2 Å². The fraction of sp³-hybridized carbons (Fsp3) is 0.481. The van der Waals surface area contributed by atoms with Crippen LogP contribution >= 0.6 is 0 Å². The number of benzene rings is 2. The Bertz CT molecular complexity index is 1260. The van der Waals surface area contributed by atoms with Crippen LogP contribution in [0.3, 0.4) is 0 Å². The van der Waals surface area contributed by atoms with Crippen LogP contribution in [-0.2, 0) is 26.2 Å². The number of nitrogens with zero attached hydrogens (tertiary/aromatic N) is 3.